The summed E-state index contributed by atoms with van der Waals surface area (Å²) in [5, 5.41) is 0. The Bertz CT molecular complexity index is 146. The van der Waals surface area contributed by atoms with E-state index in [1.807, 2.05) is 0 Å². The van der Waals surface area contributed by atoms with Crippen LogP contribution in [0.15, 0.2) is 0 Å². The van der Waals surface area contributed by atoms with Gasteiger partial charge in [0.25, 0.3) is 0 Å². The summed E-state index contributed by atoms with van der Waals surface area (Å²) in [5.74, 6) is 0. The molecule has 0 aliphatic carbocycles. The maximum atomic E-state index is 5.50. The fourth-order valence-corrected chi connectivity index (χ4v) is 4.31. The molecule has 0 N–H and O–H groups in total. The van der Waals surface area contributed by atoms with Gasteiger partial charge < -0.3 is 0 Å². The van der Waals surface area contributed by atoms with E-state index in [-0.39, 0.29) is 0 Å². The first-order valence-electron chi connectivity index (χ1n) is 3.97. The van der Waals surface area contributed by atoms with Crippen LogP contribution >= 0.6 is 19.3 Å². The molecule has 0 unspecified atom stereocenters. The molecule has 2 aliphatic rings. The molecular weight excluding hydrogens is 181 g/mol. The highest BCUT2D eigenvalue weighted by atomic mass is 32.7. The summed E-state index contributed by atoms with van der Waals surface area (Å²) in [4.78, 5) is 0. The molecule has 0 amide bonds. The zero-order valence-corrected chi connectivity index (χ0v) is 8.19. The molecule has 2 aliphatic heterocycles. The number of nitrogens with zero attached hydrogens (tertiary/aromatic N) is 1. The Morgan fingerprint density at radius 2 is 1.64 bits per heavy atom. The predicted octanol–water partition coefficient (Wildman–Crippen LogP) is 1.74. The molecule has 2 rings (SSSR count). The van der Waals surface area contributed by atoms with Crippen molar-refractivity contribution >= 4 is 19.3 Å². The maximum Gasteiger partial charge on any atom is 0.412 e. The quantitative estimate of drug-likeness (QED) is 0.507. The lowest BCUT2D eigenvalue weighted by Crippen LogP contribution is -2.17. The van der Waals surface area contributed by atoms with Crippen LogP contribution in [0.3, 0.4) is 0 Å². The van der Waals surface area contributed by atoms with Crippen LogP contribution in [0.5, 0.6) is 0 Å². The van der Waals surface area contributed by atoms with E-state index < -0.39 is 7.07 Å². The normalized spacial score (nSPS) is 31.4. The number of hydrogen-bond donors (Lipinski definition) is 1. The van der Waals surface area contributed by atoms with E-state index in [1.165, 1.54) is 12.8 Å². The Kier molecular flexibility index (Phi) is 2.40. The van der Waals surface area contributed by atoms with Gasteiger partial charge in [-0.3, -0.25) is 0 Å². The third kappa shape index (κ3) is 1.56. The van der Waals surface area contributed by atoms with Gasteiger partial charge in [0.1, 0.15) is 13.2 Å². The zero-order valence-electron chi connectivity index (χ0n) is 6.40. The Morgan fingerprint density at radius 1 is 1.09 bits per heavy atom. The fourth-order valence-electron chi connectivity index (χ4n) is 1.47. The van der Waals surface area contributed by atoms with E-state index in [1.54, 1.807) is 0 Å². The van der Waals surface area contributed by atoms with E-state index in [9.17, 15) is 0 Å². The predicted molar refractivity (Wildman–Crippen MR) is 48.6 cm³/mol. The summed E-state index contributed by atoms with van der Waals surface area (Å²) >= 11 is 4.47. The molecule has 0 spiro atoms. The molecule has 0 bridgehead atoms. The van der Waals surface area contributed by atoms with Gasteiger partial charge in [-0.25, -0.2) is 0 Å². The third-order valence-corrected chi connectivity index (χ3v) is 5.65. The highest BCUT2D eigenvalue weighted by Gasteiger charge is 2.51. The van der Waals surface area contributed by atoms with Gasteiger partial charge in [0.2, 0.25) is 0 Å². The van der Waals surface area contributed by atoms with Crippen molar-refractivity contribution in [2.75, 3.05) is 26.3 Å². The standard InChI is InChI=1S/C6H13NO2PS/c11-10(8-5-6-9-10)7-3-1-2-4-7/h11H,1-6H2/q+1. The van der Waals surface area contributed by atoms with Crippen molar-refractivity contribution in [3.63, 3.8) is 0 Å². The van der Waals surface area contributed by atoms with Crippen molar-refractivity contribution in [3.05, 3.63) is 0 Å². The summed E-state index contributed by atoms with van der Waals surface area (Å²) in [6.07, 6.45) is 2.52. The smallest absolute Gasteiger partial charge is 0.175 e. The molecule has 11 heavy (non-hydrogen) atoms. The van der Waals surface area contributed by atoms with Crippen LogP contribution in [0, 0.1) is 0 Å². The molecule has 3 nitrogen and oxygen atoms in total. The Hall–Kier alpha value is 0.660. The summed E-state index contributed by atoms with van der Waals surface area (Å²) in [5.41, 5.74) is 0. The zero-order chi connectivity index (χ0) is 7.73. The molecule has 2 heterocycles. The Morgan fingerprint density at radius 3 is 2.18 bits per heavy atom. The average Bonchev–Trinajstić information content (AvgIpc) is 2.55. The lowest BCUT2D eigenvalue weighted by Gasteiger charge is -2.18. The van der Waals surface area contributed by atoms with E-state index >= 15 is 0 Å². The Balaban J connectivity index is 2.00. The van der Waals surface area contributed by atoms with Gasteiger partial charge >= 0.3 is 7.07 Å². The van der Waals surface area contributed by atoms with Crippen LogP contribution in [-0.4, -0.2) is 31.0 Å². The summed E-state index contributed by atoms with van der Waals surface area (Å²) in [6.45, 7) is 3.62. The third-order valence-electron chi connectivity index (χ3n) is 2.04. The summed E-state index contributed by atoms with van der Waals surface area (Å²) in [7, 11) is -1.84. The lowest BCUT2D eigenvalue weighted by molar-refractivity contribution is 0.352. The van der Waals surface area contributed by atoms with Crippen molar-refractivity contribution in [2.24, 2.45) is 0 Å². The van der Waals surface area contributed by atoms with Gasteiger partial charge in [-0.1, -0.05) is 0 Å². The van der Waals surface area contributed by atoms with Gasteiger partial charge in [0.15, 0.2) is 0 Å². The van der Waals surface area contributed by atoms with Crippen LogP contribution in [0.2, 0.25) is 0 Å². The SMILES string of the molecule is S[P+]1(N2CCCC2)OCCO1. The minimum Gasteiger partial charge on any atom is -0.175 e. The monoisotopic (exact) mass is 194 g/mol. The van der Waals surface area contributed by atoms with Crippen LogP contribution in [0.1, 0.15) is 12.8 Å². The molecule has 0 atom stereocenters. The summed E-state index contributed by atoms with van der Waals surface area (Å²) < 4.78 is 13.3. The fraction of sp³-hybridized carbons (Fsp3) is 1.00. The van der Waals surface area contributed by atoms with E-state index in [4.69, 9.17) is 9.05 Å². The number of thiol groups is 1. The molecule has 0 saturated carbocycles. The van der Waals surface area contributed by atoms with Gasteiger partial charge in [-0.05, 0) is 12.8 Å². The van der Waals surface area contributed by atoms with E-state index in [0.29, 0.717) is 13.2 Å². The van der Waals surface area contributed by atoms with Crippen LogP contribution in [0.4, 0.5) is 0 Å². The second-order valence-electron chi connectivity index (χ2n) is 2.82. The lowest BCUT2D eigenvalue weighted by atomic mass is 10.4. The molecule has 5 heteroatoms. The van der Waals surface area contributed by atoms with E-state index in [2.05, 4.69) is 16.9 Å². The summed E-state index contributed by atoms with van der Waals surface area (Å²) in [6, 6.07) is 0. The molecule has 0 aromatic rings. The largest absolute Gasteiger partial charge is 0.412 e. The van der Waals surface area contributed by atoms with Crippen molar-refractivity contribution in [3.8, 4) is 0 Å². The van der Waals surface area contributed by atoms with E-state index in [0.717, 1.165) is 13.1 Å². The van der Waals surface area contributed by atoms with Gasteiger partial charge in [0.05, 0.1) is 12.2 Å². The van der Waals surface area contributed by atoms with Crippen LogP contribution in [-0.2, 0) is 9.05 Å². The molecule has 0 aromatic carbocycles. The van der Waals surface area contributed by atoms with Crippen molar-refractivity contribution < 1.29 is 9.05 Å². The first kappa shape index (κ1) is 8.27. The number of rotatable bonds is 1. The average molecular weight is 194 g/mol. The second kappa shape index (κ2) is 3.19. The van der Waals surface area contributed by atoms with Gasteiger partial charge in [-0.2, -0.15) is 9.05 Å². The molecule has 0 aromatic heterocycles. The number of hydrogen-bond acceptors (Lipinski definition) is 4. The Labute approximate surface area is 72.8 Å². The van der Waals surface area contributed by atoms with Crippen molar-refractivity contribution in [2.45, 2.75) is 12.8 Å². The van der Waals surface area contributed by atoms with Crippen molar-refractivity contribution in [1.82, 2.24) is 4.67 Å². The molecule has 0 radical (unpaired) electrons. The van der Waals surface area contributed by atoms with Crippen molar-refractivity contribution in [1.29, 1.82) is 0 Å². The first-order chi connectivity index (χ1) is 5.31. The minimum atomic E-state index is -1.84. The first-order valence-corrected chi connectivity index (χ1v) is 6.71. The van der Waals surface area contributed by atoms with Gasteiger partial charge in [-0.15, -0.1) is 4.67 Å². The highest BCUT2D eigenvalue weighted by molar-refractivity contribution is 8.48. The molecule has 2 fully saturated rings. The van der Waals surface area contributed by atoms with Gasteiger partial charge in [0, 0.05) is 13.1 Å². The molecule has 64 valence electrons. The second-order valence-corrected chi connectivity index (χ2v) is 6.40. The van der Waals surface area contributed by atoms with Crippen LogP contribution < -0.4 is 0 Å². The minimum absolute atomic E-state index is 0.716. The maximum absolute atomic E-state index is 5.50. The van der Waals surface area contributed by atoms with Crippen LogP contribution in [0.25, 0.3) is 0 Å². The molecular formula is C6H13NO2PS+. The highest BCUT2D eigenvalue weighted by Crippen LogP contribution is 2.71. The topological polar surface area (TPSA) is 21.7 Å². The molecule has 2 saturated heterocycles.